The Morgan fingerprint density at radius 2 is 1.56 bits per heavy atom. The summed E-state index contributed by atoms with van der Waals surface area (Å²) in [5, 5.41) is 5.22. The summed E-state index contributed by atoms with van der Waals surface area (Å²) in [5.74, 6) is -0.555. The first kappa shape index (κ1) is 18.9. The number of nitrogens with one attached hydrogen (secondary N) is 1. The zero-order valence-electron chi connectivity index (χ0n) is 15.3. The quantitative estimate of drug-likeness (QED) is 0.567. The molecule has 0 saturated carbocycles. The molecule has 3 rings (SSSR count). The lowest BCUT2D eigenvalue weighted by atomic mass is 9.99. The fourth-order valence-electron chi connectivity index (χ4n) is 2.76. The first-order chi connectivity index (χ1) is 13.1. The van der Waals surface area contributed by atoms with Gasteiger partial charge in [0, 0.05) is 17.4 Å². The average Bonchev–Trinajstić information content (AvgIpc) is 3.12. The van der Waals surface area contributed by atoms with Gasteiger partial charge in [0.1, 0.15) is 10.6 Å². The molecule has 0 aliphatic carbocycles. The predicted molar refractivity (Wildman–Crippen MR) is 110 cm³/mol. The largest absolute Gasteiger partial charge is 0.462 e. The van der Waals surface area contributed by atoms with Crippen molar-refractivity contribution in [1.29, 1.82) is 0 Å². The second kappa shape index (κ2) is 8.64. The summed E-state index contributed by atoms with van der Waals surface area (Å²) in [4.78, 5) is 24.3. The van der Waals surface area contributed by atoms with E-state index in [1.807, 2.05) is 47.8 Å². The second-order valence-electron chi connectivity index (χ2n) is 5.92. The fourth-order valence-corrected chi connectivity index (χ4v) is 3.73. The van der Waals surface area contributed by atoms with Gasteiger partial charge in [-0.1, -0.05) is 61.5 Å². The van der Waals surface area contributed by atoms with Crippen molar-refractivity contribution in [3.05, 3.63) is 65.5 Å². The van der Waals surface area contributed by atoms with Crippen LogP contribution in [0.1, 0.15) is 30.6 Å². The van der Waals surface area contributed by atoms with Crippen molar-refractivity contribution >= 4 is 28.2 Å². The van der Waals surface area contributed by atoms with Gasteiger partial charge in [0.25, 0.3) is 0 Å². The fraction of sp³-hybridized carbons (Fsp3) is 0.182. The molecule has 2 aromatic carbocycles. The molecule has 4 nitrogen and oxygen atoms in total. The van der Waals surface area contributed by atoms with E-state index in [2.05, 4.69) is 17.4 Å². The predicted octanol–water partition coefficient (Wildman–Crippen LogP) is 5.61. The number of benzene rings is 2. The van der Waals surface area contributed by atoms with Crippen LogP contribution in [0.25, 0.3) is 22.3 Å². The molecule has 5 heteroatoms. The number of anilines is 1. The molecule has 0 atom stereocenters. The van der Waals surface area contributed by atoms with Gasteiger partial charge in [-0.3, -0.25) is 4.79 Å². The summed E-state index contributed by atoms with van der Waals surface area (Å²) in [7, 11) is 0. The third kappa shape index (κ3) is 4.26. The normalized spacial score (nSPS) is 10.4. The van der Waals surface area contributed by atoms with Crippen LogP contribution in [-0.4, -0.2) is 18.5 Å². The minimum atomic E-state index is -0.424. The van der Waals surface area contributed by atoms with Crippen molar-refractivity contribution < 1.29 is 14.3 Å². The van der Waals surface area contributed by atoms with E-state index in [1.165, 1.54) is 11.3 Å². The number of rotatable bonds is 6. The summed E-state index contributed by atoms with van der Waals surface area (Å²) < 4.78 is 5.21. The van der Waals surface area contributed by atoms with Gasteiger partial charge in [-0.05, 0) is 23.6 Å². The van der Waals surface area contributed by atoms with Crippen LogP contribution in [0, 0.1) is 0 Å². The van der Waals surface area contributed by atoms with E-state index in [0.717, 1.165) is 22.3 Å². The Bertz CT molecular complexity index is 930. The van der Waals surface area contributed by atoms with Crippen LogP contribution >= 0.6 is 11.3 Å². The maximum absolute atomic E-state index is 12.5. The lowest BCUT2D eigenvalue weighted by Crippen LogP contribution is -2.13. The third-order valence-electron chi connectivity index (χ3n) is 4.15. The Kier molecular flexibility index (Phi) is 6.04. The number of carbonyl (C=O) groups is 2. The molecule has 1 amide bonds. The lowest BCUT2D eigenvalue weighted by Gasteiger charge is -2.09. The monoisotopic (exact) mass is 379 g/mol. The molecule has 0 spiro atoms. The lowest BCUT2D eigenvalue weighted by molar-refractivity contribution is -0.115. The number of hydrogen-bond donors (Lipinski definition) is 1. The second-order valence-corrected chi connectivity index (χ2v) is 6.80. The third-order valence-corrected chi connectivity index (χ3v) is 5.04. The zero-order chi connectivity index (χ0) is 19.2. The van der Waals surface area contributed by atoms with Crippen molar-refractivity contribution in [2.75, 3.05) is 11.9 Å². The Morgan fingerprint density at radius 1 is 0.926 bits per heavy atom. The Morgan fingerprint density at radius 3 is 2.19 bits per heavy atom. The molecule has 27 heavy (non-hydrogen) atoms. The Hall–Kier alpha value is -2.92. The molecule has 3 aromatic rings. The number of amides is 1. The van der Waals surface area contributed by atoms with E-state index < -0.39 is 5.97 Å². The Labute approximate surface area is 162 Å². The van der Waals surface area contributed by atoms with Crippen LogP contribution < -0.4 is 5.32 Å². The van der Waals surface area contributed by atoms with E-state index in [9.17, 15) is 9.59 Å². The number of ether oxygens (including phenoxy) is 1. The standard InChI is InChI=1S/C22H21NO3S/c1-3-19(24)23-21-20(22(25)26-4-2)18(14-27-21)17-12-10-16(11-13-17)15-8-6-5-7-9-15/h5-14H,3-4H2,1-2H3,(H,23,24). The number of carbonyl (C=O) groups excluding carboxylic acids is 2. The smallest absolute Gasteiger partial charge is 0.341 e. The molecular weight excluding hydrogens is 358 g/mol. The van der Waals surface area contributed by atoms with Gasteiger partial charge in [0.05, 0.1) is 6.61 Å². The van der Waals surface area contributed by atoms with Crippen LogP contribution in [0.15, 0.2) is 60.0 Å². The molecule has 0 fully saturated rings. The minimum absolute atomic E-state index is 0.131. The highest BCUT2D eigenvalue weighted by Gasteiger charge is 2.22. The van der Waals surface area contributed by atoms with Gasteiger partial charge in [-0.2, -0.15) is 0 Å². The molecular formula is C22H21NO3S. The summed E-state index contributed by atoms with van der Waals surface area (Å²) in [6, 6.07) is 18.1. The van der Waals surface area contributed by atoms with Crippen LogP contribution in [-0.2, 0) is 9.53 Å². The van der Waals surface area contributed by atoms with E-state index in [-0.39, 0.29) is 12.5 Å². The average molecular weight is 379 g/mol. The van der Waals surface area contributed by atoms with Crippen molar-refractivity contribution in [3.8, 4) is 22.3 Å². The van der Waals surface area contributed by atoms with E-state index in [1.54, 1.807) is 13.8 Å². The van der Waals surface area contributed by atoms with Gasteiger partial charge in [-0.15, -0.1) is 11.3 Å². The van der Waals surface area contributed by atoms with Crippen LogP contribution in [0.3, 0.4) is 0 Å². The molecule has 1 heterocycles. The van der Waals surface area contributed by atoms with Crippen LogP contribution in [0.4, 0.5) is 5.00 Å². The molecule has 0 radical (unpaired) electrons. The Balaban J connectivity index is 1.98. The van der Waals surface area contributed by atoms with Gasteiger partial charge in [-0.25, -0.2) is 4.79 Å². The van der Waals surface area contributed by atoms with Crippen molar-refractivity contribution in [2.24, 2.45) is 0 Å². The summed E-state index contributed by atoms with van der Waals surface area (Å²) >= 11 is 1.34. The molecule has 0 bridgehead atoms. The highest BCUT2D eigenvalue weighted by molar-refractivity contribution is 7.15. The molecule has 0 aliphatic rings. The molecule has 0 unspecified atom stereocenters. The molecule has 1 aromatic heterocycles. The molecule has 138 valence electrons. The number of thiophene rings is 1. The van der Waals surface area contributed by atoms with E-state index >= 15 is 0 Å². The van der Waals surface area contributed by atoms with Gasteiger partial charge >= 0.3 is 5.97 Å². The zero-order valence-corrected chi connectivity index (χ0v) is 16.1. The van der Waals surface area contributed by atoms with Gasteiger partial charge in [0.2, 0.25) is 5.91 Å². The summed E-state index contributed by atoms with van der Waals surface area (Å²) in [6.07, 6.45) is 0.348. The number of esters is 1. The maximum atomic E-state index is 12.5. The molecule has 0 saturated heterocycles. The van der Waals surface area contributed by atoms with Gasteiger partial charge < -0.3 is 10.1 Å². The highest BCUT2D eigenvalue weighted by atomic mass is 32.1. The highest BCUT2D eigenvalue weighted by Crippen LogP contribution is 2.37. The van der Waals surface area contributed by atoms with E-state index in [4.69, 9.17) is 4.74 Å². The SMILES string of the molecule is CCOC(=O)c1c(-c2ccc(-c3ccccc3)cc2)csc1NC(=O)CC. The van der Waals surface area contributed by atoms with Gasteiger partial charge in [0.15, 0.2) is 0 Å². The first-order valence-corrected chi connectivity index (χ1v) is 9.76. The molecule has 1 N–H and O–H groups in total. The van der Waals surface area contributed by atoms with Crippen LogP contribution in [0.2, 0.25) is 0 Å². The van der Waals surface area contributed by atoms with Crippen molar-refractivity contribution in [3.63, 3.8) is 0 Å². The maximum Gasteiger partial charge on any atom is 0.341 e. The summed E-state index contributed by atoms with van der Waals surface area (Å²) in [5.41, 5.74) is 4.33. The van der Waals surface area contributed by atoms with E-state index in [0.29, 0.717) is 17.0 Å². The number of hydrogen-bond acceptors (Lipinski definition) is 4. The van der Waals surface area contributed by atoms with Crippen LogP contribution in [0.5, 0.6) is 0 Å². The van der Waals surface area contributed by atoms with Crippen molar-refractivity contribution in [1.82, 2.24) is 0 Å². The summed E-state index contributed by atoms with van der Waals surface area (Å²) in [6.45, 7) is 3.82. The topological polar surface area (TPSA) is 55.4 Å². The minimum Gasteiger partial charge on any atom is -0.462 e. The first-order valence-electron chi connectivity index (χ1n) is 8.88. The van der Waals surface area contributed by atoms with Crippen molar-refractivity contribution in [2.45, 2.75) is 20.3 Å². The molecule has 0 aliphatic heterocycles.